The number of hydrogen-bond donors (Lipinski definition) is 3. The number of carbonyl (C=O) groups excluding carboxylic acids is 1. The lowest BCUT2D eigenvalue weighted by atomic mass is 10.2. The molecule has 2 aromatic heterocycles. The molecule has 1 amide bonds. The predicted molar refractivity (Wildman–Crippen MR) is 142 cm³/mol. The van der Waals surface area contributed by atoms with Crippen LogP contribution in [0.1, 0.15) is 12.0 Å². The Bertz CT molecular complexity index is 1170. The fourth-order valence-corrected chi connectivity index (χ4v) is 3.98. The van der Waals surface area contributed by atoms with Gasteiger partial charge in [-0.1, -0.05) is 23.7 Å². The highest BCUT2D eigenvalue weighted by Gasteiger charge is 2.15. The van der Waals surface area contributed by atoms with Gasteiger partial charge in [-0.05, 0) is 30.8 Å². The van der Waals surface area contributed by atoms with E-state index in [1.54, 1.807) is 31.5 Å². The van der Waals surface area contributed by atoms with E-state index in [4.69, 9.17) is 16.3 Å². The summed E-state index contributed by atoms with van der Waals surface area (Å²) in [5.74, 6) is 1.73. The third kappa shape index (κ3) is 7.51. The van der Waals surface area contributed by atoms with Crippen LogP contribution in [-0.2, 0) is 11.3 Å². The molecule has 0 aliphatic carbocycles. The first-order chi connectivity index (χ1) is 17.5. The van der Waals surface area contributed by atoms with Crippen molar-refractivity contribution in [1.82, 2.24) is 25.0 Å². The van der Waals surface area contributed by atoms with E-state index in [1.165, 1.54) is 0 Å². The topological polar surface area (TPSA) is 108 Å². The van der Waals surface area contributed by atoms with E-state index in [0.29, 0.717) is 30.3 Å². The molecule has 1 aromatic carbocycles. The molecule has 1 aliphatic heterocycles. The maximum Gasteiger partial charge on any atom is 0.226 e. The van der Waals surface area contributed by atoms with Gasteiger partial charge in [-0.15, -0.1) is 10.2 Å². The Hall–Kier alpha value is -3.47. The monoisotopic (exact) mass is 510 g/mol. The zero-order valence-electron chi connectivity index (χ0n) is 20.5. The number of amides is 1. The summed E-state index contributed by atoms with van der Waals surface area (Å²) in [5.41, 5.74) is 2.41. The number of piperazine rings is 1. The summed E-state index contributed by atoms with van der Waals surface area (Å²) in [7, 11) is 3.75. The molecule has 1 saturated heterocycles. The van der Waals surface area contributed by atoms with Crippen molar-refractivity contribution >= 4 is 40.5 Å². The number of likely N-dealkylation sites (N-methyl/N-ethyl adjacent to an activating group) is 1. The van der Waals surface area contributed by atoms with Gasteiger partial charge >= 0.3 is 0 Å². The van der Waals surface area contributed by atoms with Crippen molar-refractivity contribution in [2.75, 3.05) is 62.8 Å². The number of carbonyl (C=O) groups is 1. The minimum atomic E-state index is -0.0622. The number of rotatable bonds is 10. The van der Waals surface area contributed by atoms with Gasteiger partial charge < -0.3 is 30.5 Å². The van der Waals surface area contributed by atoms with Gasteiger partial charge in [0.15, 0.2) is 11.0 Å². The van der Waals surface area contributed by atoms with Crippen LogP contribution in [0.5, 0.6) is 5.75 Å². The first-order valence-electron chi connectivity index (χ1n) is 11.8. The molecule has 3 N–H and O–H groups in total. The third-order valence-electron chi connectivity index (χ3n) is 5.92. The van der Waals surface area contributed by atoms with Crippen molar-refractivity contribution in [3.05, 3.63) is 59.4 Å². The van der Waals surface area contributed by atoms with E-state index in [2.05, 4.69) is 48.0 Å². The van der Waals surface area contributed by atoms with E-state index in [-0.39, 0.29) is 11.1 Å². The van der Waals surface area contributed by atoms with Crippen LogP contribution in [0.2, 0.25) is 5.15 Å². The Morgan fingerprint density at radius 2 is 1.94 bits per heavy atom. The minimum Gasteiger partial charge on any atom is -0.497 e. The zero-order valence-corrected chi connectivity index (χ0v) is 21.3. The van der Waals surface area contributed by atoms with Crippen molar-refractivity contribution < 1.29 is 9.53 Å². The Labute approximate surface area is 216 Å². The first-order valence-corrected chi connectivity index (χ1v) is 12.2. The van der Waals surface area contributed by atoms with Crippen LogP contribution >= 0.6 is 11.6 Å². The zero-order chi connectivity index (χ0) is 25.3. The molecule has 10 nitrogen and oxygen atoms in total. The van der Waals surface area contributed by atoms with Gasteiger partial charge in [0.2, 0.25) is 5.91 Å². The van der Waals surface area contributed by atoms with E-state index in [1.807, 2.05) is 24.3 Å². The number of methoxy groups -OCH3 is 1. The number of nitrogens with zero attached hydrogens (tertiary/aromatic N) is 5. The summed E-state index contributed by atoms with van der Waals surface area (Å²) in [5, 5.41) is 17.9. The Morgan fingerprint density at radius 3 is 2.75 bits per heavy atom. The normalized spacial score (nSPS) is 14.3. The lowest BCUT2D eigenvalue weighted by molar-refractivity contribution is -0.116. The highest BCUT2D eigenvalue weighted by atomic mass is 35.5. The second kappa shape index (κ2) is 12.5. The summed E-state index contributed by atoms with van der Waals surface area (Å²) in [6, 6.07) is 13.0. The average molecular weight is 511 g/mol. The highest BCUT2D eigenvalue weighted by Crippen LogP contribution is 2.27. The quantitative estimate of drug-likeness (QED) is 0.378. The van der Waals surface area contributed by atoms with Crippen molar-refractivity contribution in [2.45, 2.75) is 13.0 Å². The number of pyridine rings is 1. The van der Waals surface area contributed by atoms with Crippen LogP contribution in [0.15, 0.2) is 48.7 Å². The van der Waals surface area contributed by atoms with E-state index >= 15 is 0 Å². The number of ether oxygens (including phenoxy) is 1. The third-order valence-corrected chi connectivity index (χ3v) is 6.10. The average Bonchev–Trinajstić information content (AvgIpc) is 2.88. The van der Waals surface area contributed by atoms with E-state index < -0.39 is 0 Å². The van der Waals surface area contributed by atoms with Crippen LogP contribution in [0.25, 0.3) is 0 Å². The van der Waals surface area contributed by atoms with Crippen LogP contribution in [0.3, 0.4) is 0 Å². The molecule has 1 aliphatic rings. The van der Waals surface area contributed by atoms with Crippen molar-refractivity contribution in [1.29, 1.82) is 0 Å². The van der Waals surface area contributed by atoms with Crippen molar-refractivity contribution in [3.8, 4) is 5.75 Å². The molecule has 36 heavy (non-hydrogen) atoms. The Morgan fingerprint density at radius 1 is 1.11 bits per heavy atom. The summed E-state index contributed by atoms with van der Waals surface area (Å²) < 4.78 is 5.29. The van der Waals surface area contributed by atoms with Crippen LogP contribution in [0, 0.1) is 0 Å². The van der Waals surface area contributed by atoms with E-state index in [9.17, 15) is 4.79 Å². The number of benzene rings is 1. The van der Waals surface area contributed by atoms with Gasteiger partial charge in [-0.3, -0.25) is 4.79 Å². The summed E-state index contributed by atoms with van der Waals surface area (Å²) >= 11 is 6.11. The Kier molecular flexibility index (Phi) is 8.88. The van der Waals surface area contributed by atoms with E-state index in [0.717, 1.165) is 49.7 Å². The minimum absolute atomic E-state index is 0.0622. The molecule has 3 aromatic rings. The summed E-state index contributed by atoms with van der Waals surface area (Å²) in [6.07, 6.45) is 2.06. The molecule has 11 heteroatoms. The van der Waals surface area contributed by atoms with Crippen LogP contribution in [-0.4, -0.2) is 77.8 Å². The molecule has 0 atom stereocenters. The number of anilines is 4. The fraction of sp³-hybridized carbons (Fsp3) is 0.360. The molecule has 0 saturated carbocycles. The molecule has 0 bridgehead atoms. The molecule has 190 valence electrons. The van der Waals surface area contributed by atoms with Gasteiger partial charge in [-0.2, -0.15) is 0 Å². The van der Waals surface area contributed by atoms with Crippen LogP contribution < -0.4 is 20.7 Å². The molecule has 0 spiro atoms. The molecule has 0 radical (unpaired) electrons. The SMILES string of the molecule is COc1cccc(CNc2nnc(Cl)cc2Nc2ccnc(NC(=O)CCN3CCN(C)CC3)c2)c1. The Balaban J connectivity index is 1.36. The molecule has 0 unspecified atom stereocenters. The van der Waals surface area contributed by atoms with Gasteiger partial charge in [0.25, 0.3) is 0 Å². The van der Waals surface area contributed by atoms with Gasteiger partial charge in [0.05, 0.1) is 12.8 Å². The molecular formula is C25H31ClN8O2. The maximum atomic E-state index is 12.5. The highest BCUT2D eigenvalue weighted by molar-refractivity contribution is 6.29. The summed E-state index contributed by atoms with van der Waals surface area (Å²) in [4.78, 5) is 21.4. The second-order valence-corrected chi connectivity index (χ2v) is 9.02. The first kappa shape index (κ1) is 25.6. The van der Waals surface area contributed by atoms with Gasteiger partial charge in [-0.25, -0.2) is 4.98 Å². The van der Waals surface area contributed by atoms with Crippen LogP contribution in [0.4, 0.5) is 23.0 Å². The van der Waals surface area contributed by atoms with Crippen molar-refractivity contribution in [2.24, 2.45) is 0 Å². The number of hydrogen-bond acceptors (Lipinski definition) is 9. The number of aromatic nitrogens is 3. The molecule has 1 fully saturated rings. The van der Waals surface area contributed by atoms with Crippen molar-refractivity contribution in [3.63, 3.8) is 0 Å². The largest absolute Gasteiger partial charge is 0.497 e. The second-order valence-electron chi connectivity index (χ2n) is 8.63. The lowest BCUT2D eigenvalue weighted by Gasteiger charge is -2.32. The molecule has 4 rings (SSSR count). The fourth-order valence-electron chi connectivity index (χ4n) is 3.83. The number of nitrogens with one attached hydrogen (secondary N) is 3. The standard InChI is InChI=1S/C25H31ClN8O2/c1-33-10-12-34(13-11-33)9-7-24(35)30-23-15-19(6-8-27-23)29-21-16-22(26)31-32-25(21)28-17-18-4-3-5-20(14-18)36-2/h3-6,8,14-16H,7,9-13,17H2,1-2H3,(H,28,32)(H2,27,29,30,31,35). The maximum absolute atomic E-state index is 12.5. The smallest absolute Gasteiger partial charge is 0.226 e. The predicted octanol–water partition coefficient (Wildman–Crippen LogP) is 3.47. The number of halogens is 1. The van der Waals surface area contributed by atoms with Gasteiger partial charge in [0.1, 0.15) is 11.6 Å². The molecular weight excluding hydrogens is 480 g/mol. The molecule has 3 heterocycles. The lowest BCUT2D eigenvalue weighted by Crippen LogP contribution is -2.45. The summed E-state index contributed by atoms with van der Waals surface area (Å²) in [6.45, 7) is 5.28. The van der Waals surface area contributed by atoms with Gasteiger partial charge in [0, 0.05) is 69.7 Å².